The van der Waals surface area contributed by atoms with Gasteiger partial charge in [-0.05, 0) is 87.4 Å². The third-order valence-electron chi connectivity index (χ3n) is 9.60. The number of rotatable bonds is 3. The molecule has 1 amide bonds. The van der Waals surface area contributed by atoms with Gasteiger partial charge in [0.2, 0.25) is 0 Å². The summed E-state index contributed by atoms with van der Waals surface area (Å²) in [5, 5.41) is 25.6. The number of allylic oxidation sites excluding steroid dienone is 1. The number of carbonyl (C=O) groups is 1. The minimum atomic E-state index is -0.990. The van der Waals surface area contributed by atoms with Crippen molar-refractivity contribution in [2.24, 2.45) is 39.4 Å². The average Bonchev–Trinajstić information content (AvgIpc) is 2.94. The van der Waals surface area contributed by atoms with Crippen molar-refractivity contribution in [2.75, 3.05) is 6.61 Å². The number of hydrazone groups is 1. The smallest absolute Gasteiger partial charge is 0.427 e. The van der Waals surface area contributed by atoms with Crippen LogP contribution in [-0.2, 0) is 4.74 Å². The summed E-state index contributed by atoms with van der Waals surface area (Å²) in [5.74, 6) is 1.32. The van der Waals surface area contributed by atoms with Gasteiger partial charge in [0.05, 0.1) is 30.1 Å². The van der Waals surface area contributed by atoms with Gasteiger partial charge in [-0.3, -0.25) is 0 Å². The highest BCUT2D eigenvalue weighted by Gasteiger charge is 2.67. The molecule has 0 aliphatic heterocycles. The third-order valence-corrected chi connectivity index (χ3v) is 9.60. The summed E-state index contributed by atoms with van der Waals surface area (Å²) < 4.78 is 4.90. The molecule has 3 saturated carbocycles. The van der Waals surface area contributed by atoms with Crippen molar-refractivity contribution in [2.45, 2.75) is 90.4 Å². The number of hydrogen-bond acceptors (Lipinski definition) is 6. The molecule has 0 spiro atoms. The largest absolute Gasteiger partial charge is 0.449 e. The van der Waals surface area contributed by atoms with E-state index in [9.17, 15) is 15.0 Å². The fourth-order valence-electron chi connectivity index (χ4n) is 7.76. The lowest BCUT2D eigenvalue weighted by atomic mass is 9.46. The number of hydrogen-bond donors (Lipinski definition) is 4. The van der Waals surface area contributed by atoms with Gasteiger partial charge in [0.25, 0.3) is 0 Å². The monoisotopic (exact) mass is 433 g/mol. The number of nitrogens with two attached hydrogens (primary N) is 1. The second-order valence-corrected chi connectivity index (χ2v) is 10.8. The molecule has 0 aromatic carbocycles. The molecule has 4 aliphatic rings. The number of aliphatic hydroxyl groups is 2. The third kappa shape index (κ3) is 3.26. The van der Waals surface area contributed by atoms with Crippen LogP contribution in [0.3, 0.4) is 0 Å². The Labute approximate surface area is 185 Å². The first kappa shape index (κ1) is 22.7. The molecule has 4 aliphatic carbocycles. The van der Waals surface area contributed by atoms with Gasteiger partial charge in [-0.1, -0.05) is 25.5 Å². The SMILES string of the molecule is CCOC(=O)NN=C(C)[C@@]1(N)[C@H](O)C[C@H]2[C@@H]3CC=C4C[C@@H](O)CC[C@]4(C)[C@H]3CC[C@@]21C. The van der Waals surface area contributed by atoms with Crippen molar-refractivity contribution < 1.29 is 19.7 Å². The first-order valence-electron chi connectivity index (χ1n) is 11.9. The Kier molecular flexibility index (Phi) is 5.76. The highest BCUT2D eigenvalue weighted by atomic mass is 16.5. The van der Waals surface area contributed by atoms with Crippen LogP contribution in [0, 0.1) is 28.6 Å². The summed E-state index contributed by atoms with van der Waals surface area (Å²) in [6.45, 7) is 8.41. The van der Waals surface area contributed by atoms with Crippen LogP contribution in [0.2, 0.25) is 0 Å². The highest BCUT2D eigenvalue weighted by Crippen LogP contribution is 2.66. The number of fused-ring (bicyclic) bond motifs is 5. The van der Waals surface area contributed by atoms with Crippen LogP contribution in [0.25, 0.3) is 0 Å². The van der Waals surface area contributed by atoms with E-state index in [4.69, 9.17) is 10.5 Å². The predicted octanol–water partition coefficient (Wildman–Crippen LogP) is 3.10. The molecule has 31 heavy (non-hydrogen) atoms. The Hall–Kier alpha value is -1.44. The zero-order valence-corrected chi connectivity index (χ0v) is 19.4. The summed E-state index contributed by atoms with van der Waals surface area (Å²) in [6.07, 6.45) is 7.18. The molecule has 5 N–H and O–H groups in total. The van der Waals surface area contributed by atoms with E-state index in [2.05, 4.69) is 30.5 Å². The predicted molar refractivity (Wildman–Crippen MR) is 119 cm³/mol. The van der Waals surface area contributed by atoms with Crippen LogP contribution in [0.4, 0.5) is 4.79 Å². The number of amides is 1. The van der Waals surface area contributed by atoms with Crippen LogP contribution < -0.4 is 11.2 Å². The molecule has 0 unspecified atom stereocenters. The minimum absolute atomic E-state index is 0.142. The van der Waals surface area contributed by atoms with E-state index in [0.29, 0.717) is 29.9 Å². The van der Waals surface area contributed by atoms with Crippen LogP contribution in [-0.4, -0.2) is 46.4 Å². The zero-order chi connectivity index (χ0) is 22.6. The van der Waals surface area contributed by atoms with Gasteiger partial charge in [-0.2, -0.15) is 5.10 Å². The highest BCUT2D eigenvalue weighted by molar-refractivity contribution is 5.94. The van der Waals surface area contributed by atoms with Crippen LogP contribution >= 0.6 is 0 Å². The molecule has 0 heterocycles. The summed E-state index contributed by atoms with van der Waals surface area (Å²) in [5.41, 5.74) is 10.2. The quantitative estimate of drug-likeness (QED) is 0.310. The molecule has 0 radical (unpaired) electrons. The maximum atomic E-state index is 11.7. The van der Waals surface area contributed by atoms with Crippen molar-refractivity contribution in [3.8, 4) is 0 Å². The molecule has 0 saturated heterocycles. The average molecular weight is 434 g/mol. The number of aliphatic hydroxyl groups excluding tert-OH is 2. The van der Waals surface area contributed by atoms with Crippen molar-refractivity contribution >= 4 is 11.8 Å². The molecule has 7 heteroatoms. The van der Waals surface area contributed by atoms with E-state index in [1.807, 2.05) is 0 Å². The Morgan fingerprint density at radius 1 is 1.29 bits per heavy atom. The Morgan fingerprint density at radius 3 is 2.74 bits per heavy atom. The Balaban J connectivity index is 1.62. The number of nitrogens with zero attached hydrogens (tertiary/aromatic N) is 1. The number of nitrogens with one attached hydrogen (secondary N) is 1. The first-order valence-corrected chi connectivity index (χ1v) is 11.9. The second kappa shape index (κ2) is 7.85. The molecule has 174 valence electrons. The van der Waals surface area contributed by atoms with Crippen LogP contribution in [0.1, 0.15) is 72.6 Å². The summed E-state index contributed by atoms with van der Waals surface area (Å²) in [6, 6.07) is 0. The molecule has 0 bridgehead atoms. The van der Waals surface area contributed by atoms with E-state index in [1.165, 1.54) is 5.57 Å². The molecule has 4 rings (SSSR count). The van der Waals surface area contributed by atoms with Gasteiger partial charge >= 0.3 is 6.09 Å². The molecule has 0 aromatic rings. The fourth-order valence-corrected chi connectivity index (χ4v) is 7.76. The molecule has 0 aromatic heterocycles. The topological polar surface area (TPSA) is 117 Å². The molecule has 7 nitrogen and oxygen atoms in total. The maximum Gasteiger partial charge on any atom is 0.427 e. The van der Waals surface area contributed by atoms with E-state index >= 15 is 0 Å². The lowest BCUT2D eigenvalue weighted by molar-refractivity contribution is -0.0475. The second-order valence-electron chi connectivity index (χ2n) is 10.8. The summed E-state index contributed by atoms with van der Waals surface area (Å²) >= 11 is 0. The first-order chi connectivity index (χ1) is 14.6. The van der Waals surface area contributed by atoms with Gasteiger partial charge in [-0.25, -0.2) is 10.2 Å². The van der Waals surface area contributed by atoms with E-state index in [1.54, 1.807) is 13.8 Å². The Bertz CT molecular complexity index is 798. The van der Waals surface area contributed by atoms with Crippen molar-refractivity contribution in [1.82, 2.24) is 5.43 Å². The minimum Gasteiger partial charge on any atom is -0.449 e. The van der Waals surface area contributed by atoms with Gasteiger partial charge in [0.1, 0.15) is 0 Å². The van der Waals surface area contributed by atoms with Crippen LogP contribution in [0.15, 0.2) is 16.8 Å². The van der Waals surface area contributed by atoms with E-state index in [0.717, 1.165) is 38.5 Å². The lowest BCUT2D eigenvalue weighted by Crippen LogP contribution is -2.65. The molecular formula is C24H39N3O4. The van der Waals surface area contributed by atoms with Crippen molar-refractivity contribution in [3.05, 3.63) is 11.6 Å². The maximum absolute atomic E-state index is 11.7. The fraction of sp³-hybridized carbons (Fsp3) is 0.833. The van der Waals surface area contributed by atoms with Crippen LogP contribution in [0.5, 0.6) is 0 Å². The van der Waals surface area contributed by atoms with Gasteiger partial charge in [0, 0.05) is 0 Å². The Morgan fingerprint density at radius 2 is 2.03 bits per heavy atom. The van der Waals surface area contributed by atoms with Gasteiger partial charge in [-0.15, -0.1) is 0 Å². The molecular weight excluding hydrogens is 394 g/mol. The summed E-state index contributed by atoms with van der Waals surface area (Å²) in [7, 11) is 0. The van der Waals surface area contributed by atoms with E-state index in [-0.39, 0.29) is 23.5 Å². The van der Waals surface area contributed by atoms with Gasteiger partial charge < -0.3 is 20.7 Å². The lowest BCUT2D eigenvalue weighted by Gasteiger charge is -2.59. The van der Waals surface area contributed by atoms with Crippen molar-refractivity contribution in [3.63, 3.8) is 0 Å². The molecule has 8 atom stereocenters. The number of ether oxygens (including phenoxy) is 1. The normalized spacial score (nSPS) is 47.0. The number of carbonyl (C=O) groups excluding carboxylic acids is 1. The van der Waals surface area contributed by atoms with Crippen molar-refractivity contribution in [1.29, 1.82) is 0 Å². The zero-order valence-electron chi connectivity index (χ0n) is 19.4. The standard InChI is InChI=1S/C24H39N3O4/c1-5-31-21(30)27-26-14(2)24(25)20(29)13-19-17-7-6-15-12-16(28)8-10-22(15,3)18(17)9-11-23(19,24)4/h6,16-20,28-29H,5,7-13,25H2,1-4H3,(H,27,30)/t16-,17+,18-,19-,20+,22-,23-,24+/m0/s1. The van der Waals surface area contributed by atoms with Gasteiger partial charge in [0.15, 0.2) is 0 Å². The summed E-state index contributed by atoms with van der Waals surface area (Å²) in [4.78, 5) is 11.7. The molecule has 3 fully saturated rings. The van der Waals surface area contributed by atoms with E-state index < -0.39 is 17.7 Å².